The number of rotatable bonds is 4. The molecule has 0 aromatic heterocycles. The molecule has 2 aliphatic rings. The monoisotopic (exact) mass is 417 g/mol. The molecule has 1 aromatic rings. The van der Waals surface area contributed by atoms with E-state index in [9.17, 15) is 14.4 Å². The minimum atomic E-state index is -0.382. The van der Waals surface area contributed by atoms with E-state index in [1.165, 1.54) is 0 Å². The molecule has 156 valence electrons. The van der Waals surface area contributed by atoms with Gasteiger partial charge < -0.3 is 15.5 Å². The number of fused-ring (bicyclic) bond motifs is 1. The van der Waals surface area contributed by atoms with Crippen molar-refractivity contribution in [1.29, 1.82) is 0 Å². The van der Waals surface area contributed by atoms with E-state index >= 15 is 0 Å². The van der Waals surface area contributed by atoms with Crippen LogP contribution in [0.25, 0.3) is 0 Å². The van der Waals surface area contributed by atoms with Gasteiger partial charge in [0.1, 0.15) is 0 Å². The van der Waals surface area contributed by atoms with Crippen LogP contribution < -0.4 is 10.6 Å². The number of allylic oxidation sites excluding steroid dienone is 2. The van der Waals surface area contributed by atoms with Crippen LogP contribution >= 0.6 is 11.6 Å². The van der Waals surface area contributed by atoms with E-state index in [2.05, 4.69) is 10.6 Å². The molecule has 3 rings (SSSR count). The number of nitrogens with zero attached hydrogens (tertiary/aromatic N) is 1. The minimum absolute atomic E-state index is 0.00798. The van der Waals surface area contributed by atoms with Crippen molar-refractivity contribution in [2.24, 2.45) is 5.92 Å². The minimum Gasteiger partial charge on any atom is -0.354 e. The lowest BCUT2D eigenvalue weighted by molar-refractivity contribution is -0.139. The quantitative estimate of drug-likeness (QED) is 0.739. The Labute approximate surface area is 176 Å². The Morgan fingerprint density at radius 2 is 2.00 bits per heavy atom. The number of halogens is 1. The Morgan fingerprint density at radius 1 is 1.21 bits per heavy atom. The van der Waals surface area contributed by atoms with Gasteiger partial charge in [0, 0.05) is 43.5 Å². The van der Waals surface area contributed by atoms with Crippen molar-refractivity contribution in [2.75, 3.05) is 13.1 Å². The summed E-state index contributed by atoms with van der Waals surface area (Å²) in [5, 5.41) is 6.49. The van der Waals surface area contributed by atoms with E-state index in [4.69, 9.17) is 11.6 Å². The van der Waals surface area contributed by atoms with Crippen LogP contribution in [0.2, 0.25) is 5.02 Å². The summed E-state index contributed by atoms with van der Waals surface area (Å²) < 4.78 is 0. The largest absolute Gasteiger partial charge is 0.354 e. The summed E-state index contributed by atoms with van der Waals surface area (Å²) in [7, 11) is 0. The van der Waals surface area contributed by atoms with E-state index in [1.54, 1.807) is 12.1 Å². The van der Waals surface area contributed by atoms with Crippen LogP contribution in [0.15, 0.2) is 36.4 Å². The van der Waals surface area contributed by atoms with Gasteiger partial charge in [0.05, 0.1) is 5.92 Å². The molecule has 6 nitrogen and oxygen atoms in total. The maximum atomic E-state index is 13.2. The van der Waals surface area contributed by atoms with E-state index in [-0.39, 0.29) is 36.1 Å². The van der Waals surface area contributed by atoms with Crippen molar-refractivity contribution in [3.05, 3.63) is 47.0 Å². The molecular weight excluding hydrogens is 390 g/mol. The molecule has 1 fully saturated rings. The molecule has 3 amide bonds. The molecule has 0 bridgehead atoms. The summed E-state index contributed by atoms with van der Waals surface area (Å²) >= 11 is 5.89. The summed E-state index contributed by atoms with van der Waals surface area (Å²) in [5.41, 5.74) is 0.961. The van der Waals surface area contributed by atoms with Gasteiger partial charge in [-0.05, 0) is 43.4 Å². The summed E-state index contributed by atoms with van der Waals surface area (Å²) in [6.45, 7) is 1.58. The van der Waals surface area contributed by atoms with Gasteiger partial charge >= 0.3 is 0 Å². The molecule has 2 heterocycles. The van der Waals surface area contributed by atoms with Crippen molar-refractivity contribution >= 4 is 29.3 Å². The molecule has 7 heteroatoms. The highest BCUT2D eigenvalue weighted by molar-refractivity contribution is 6.30. The summed E-state index contributed by atoms with van der Waals surface area (Å²) in [6, 6.07) is 7.34. The average molecular weight is 418 g/mol. The van der Waals surface area contributed by atoms with Crippen LogP contribution in [0.3, 0.4) is 0 Å². The molecule has 2 atom stereocenters. The second-order valence-electron chi connectivity index (χ2n) is 7.68. The molecule has 29 heavy (non-hydrogen) atoms. The highest BCUT2D eigenvalue weighted by atomic mass is 35.5. The number of hydrogen-bond donors (Lipinski definition) is 2. The van der Waals surface area contributed by atoms with Gasteiger partial charge in [0.2, 0.25) is 17.7 Å². The van der Waals surface area contributed by atoms with Crippen molar-refractivity contribution < 1.29 is 14.4 Å². The van der Waals surface area contributed by atoms with Crippen LogP contribution in [0, 0.1) is 5.92 Å². The van der Waals surface area contributed by atoms with Gasteiger partial charge in [0.25, 0.3) is 0 Å². The highest BCUT2D eigenvalue weighted by Gasteiger charge is 2.33. The van der Waals surface area contributed by atoms with Crippen LogP contribution in [0.1, 0.15) is 44.1 Å². The zero-order valence-electron chi connectivity index (χ0n) is 16.5. The lowest BCUT2D eigenvalue weighted by Crippen LogP contribution is -2.46. The lowest BCUT2D eigenvalue weighted by Gasteiger charge is -2.29. The van der Waals surface area contributed by atoms with Gasteiger partial charge in [-0.1, -0.05) is 35.9 Å². The van der Waals surface area contributed by atoms with E-state index < -0.39 is 0 Å². The Balaban J connectivity index is 1.63. The van der Waals surface area contributed by atoms with Gasteiger partial charge in [-0.25, -0.2) is 0 Å². The smallest absolute Gasteiger partial charge is 0.226 e. The summed E-state index contributed by atoms with van der Waals surface area (Å²) in [5.74, 6) is -0.490. The molecule has 1 aromatic carbocycles. The van der Waals surface area contributed by atoms with E-state index in [0.717, 1.165) is 18.4 Å². The molecule has 2 N–H and O–H groups in total. The van der Waals surface area contributed by atoms with Gasteiger partial charge in [-0.3, -0.25) is 14.4 Å². The fraction of sp³-hybridized carbons (Fsp3) is 0.500. The van der Waals surface area contributed by atoms with Gasteiger partial charge in [-0.2, -0.15) is 0 Å². The van der Waals surface area contributed by atoms with E-state index in [0.29, 0.717) is 43.9 Å². The molecule has 0 radical (unpaired) electrons. The topological polar surface area (TPSA) is 78.5 Å². The highest BCUT2D eigenvalue weighted by Crippen LogP contribution is 2.23. The van der Waals surface area contributed by atoms with Crippen molar-refractivity contribution in [2.45, 2.75) is 51.1 Å². The standard InChI is InChI=1S/C22H28ClN3O3/c23-18-10-8-16(9-11-18)14-24-21(28)13-17-5-2-1-3-7-20(27)25-15-19-6-4-12-26(19)22(17)29/h1-2,8-11,17,19H,3-7,12-15H2,(H,24,28)(H,25,27)/b2-1+/t17-,19-/m0/s1. The molecule has 1 saturated heterocycles. The lowest BCUT2D eigenvalue weighted by atomic mass is 9.97. The first kappa shape index (κ1) is 21.4. The van der Waals surface area contributed by atoms with Crippen molar-refractivity contribution in [3.63, 3.8) is 0 Å². The SMILES string of the molecule is O=C1CC/C=C/C[C@@H](CC(=O)NCc2ccc(Cl)cc2)C(=O)N2CCC[C@H]2CN1. The first-order valence-corrected chi connectivity index (χ1v) is 10.6. The number of hydrogen-bond acceptors (Lipinski definition) is 3. The Morgan fingerprint density at radius 3 is 2.79 bits per heavy atom. The van der Waals surface area contributed by atoms with Crippen LogP contribution in [-0.2, 0) is 20.9 Å². The normalized spacial score (nSPS) is 24.1. The Kier molecular flexibility index (Phi) is 7.69. The molecule has 0 spiro atoms. The molecule has 0 aliphatic carbocycles. The van der Waals surface area contributed by atoms with Crippen LogP contribution in [0.4, 0.5) is 0 Å². The third kappa shape index (κ3) is 6.32. The molecule has 2 aliphatic heterocycles. The molecule has 0 unspecified atom stereocenters. The Bertz CT molecular complexity index is 763. The van der Waals surface area contributed by atoms with Crippen molar-refractivity contribution in [3.8, 4) is 0 Å². The first-order chi connectivity index (χ1) is 14.0. The number of amides is 3. The number of benzene rings is 1. The maximum Gasteiger partial charge on any atom is 0.226 e. The van der Waals surface area contributed by atoms with Crippen molar-refractivity contribution in [1.82, 2.24) is 15.5 Å². The summed E-state index contributed by atoms with van der Waals surface area (Å²) in [4.78, 5) is 39.4. The summed E-state index contributed by atoms with van der Waals surface area (Å²) in [6.07, 6.45) is 7.43. The van der Waals surface area contributed by atoms with Crippen LogP contribution in [-0.4, -0.2) is 41.8 Å². The fourth-order valence-corrected chi connectivity index (χ4v) is 3.98. The predicted octanol–water partition coefficient (Wildman–Crippen LogP) is 2.81. The third-order valence-electron chi connectivity index (χ3n) is 5.50. The predicted molar refractivity (Wildman–Crippen MR) is 112 cm³/mol. The second kappa shape index (κ2) is 10.4. The number of carbonyl (C=O) groups excluding carboxylic acids is 3. The van der Waals surface area contributed by atoms with E-state index in [1.807, 2.05) is 29.2 Å². The Hall–Kier alpha value is -2.34. The number of carbonyl (C=O) groups is 3. The van der Waals surface area contributed by atoms with Crippen LogP contribution in [0.5, 0.6) is 0 Å². The number of nitrogens with one attached hydrogen (secondary N) is 2. The molecular formula is C22H28ClN3O3. The zero-order valence-corrected chi connectivity index (χ0v) is 17.3. The molecule has 0 saturated carbocycles. The maximum absolute atomic E-state index is 13.2. The third-order valence-corrected chi connectivity index (χ3v) is 5.76. The van der Waals surface area contributed by atoms with Gasteiger partial charge in [-0.15, -0.1) is 0 Å². The zero-order chi connectivity index (χ0) is 20.6. The first-order valence-electron chi connectivity index (χ1n) is 10.3. The van der Waals surface area contributed by atoms with Gasteiger partial charge in [0.15, 0.2) is 0 Å². The average Bonchev–Trinajstić information content (AvgIpc) is 3.18. The second-order valence-corrected chi connectivity index (χ2v) is 8.12. The fourth-order valence-electron chi connectivity index (χ4n) is 3.86.